The molecule has 2 heterocycles. The second kappa shape index (κ2) is 4.72. The Morgan fingerprint density at radius 3 is 2.12 bits per heavy atom. The highest BCUT2D eigenvalue weighted by atomic mass is 32.2. The Hall–Kier alpha value is -0.815. The molecular formula is C18H25BN2O3S. The van der Waals surface area contributed by atoms with Crippen molar-refractivity contribution < 1.29 is 14.4 Å². The van der Waals surface area contributed by atoms with E-state index in [0.717, 1.165) is 24.5 Å². The molecule has 134 valence electrons. The number of likely N-dealkylation sites (tertiary alicyclic amines) is 1. The van der Waals surface area contributed by atoms with Gasteiger partial charge in [-0.15, -0.1) is 0 Å². The van der Waals surface area contributed by atoms with Crippen LogP contribution in [0.4, 0.5) is 0 Å². The normalized spacial score (nSPS) is 48.2. The van der Waals surface area contributed by atoms with Crippen LogP contribution in [0.2, 0.25) is 0 Å². The van der Waals surface area contributed by atoms with Gasteiger partial charge in [0.1, 0.15) is 5.54 Å². The van der Waals surface area contributed by atoms with Crippen molar-refractivity contribution in [3.05, 3.63) is 0 Å². The molecule has 5 unspecified atom stereocenters. The largest absolute Gasteiger partial charge is 0.310 e. The number of rotatable bonds is 3. The number of carbonyl (C=O) groups is 3. The molecule has 2 saturated heterocycles. The van der Waals surface area contributed by atoms with Gasteiger partial charge >= 0.3 is 0 Å². The first-order valence-corrected chi connectivity index (χ1v) is 9.93. The molecule has 0 spiro atoms. The maximum atomic E-state index is 13.9. The summed E-state index contributed by atoms with van der Waals surface area (Å²) in [6.45, 7) is 9.80. The number of ketones is 1. The van der Waals surface area contributed by atoms with Gasteiger partial charge in [-0.1, -0.05) is 34.6 Å². The fourth-order valence-corrected chi connectivity index (χ4v) is 6.11. The summed E-state index contributed by atoms with van der Waals surface area (Å²) >= 11 is 0.918. The zero-order valence-electron chi connectivity index (χ0n) is 15.5. The van der Waals surface area contributed by atoms with Crippen LogP contribution in [0.5, 0.6) is 0 Å². The van der Waals surface area contributed by atoms with Crippen LogP contribution in [0.3, 0.4) is 0 Å². The number of hydrogen-bond donors (Lipinski definition) is 1. The summed E-state index contributed by atoms with van der Waals surface area (Å²) in [5.74, 6) is -0.511. The molecule has 2 aliphatic heterocycles. The van der Waals surface area contributed by atoms with E-state index in [0.29, 0.717) is 0 Å². The molecule has 2 saturated carbocycles. The third kappa shape index (κ3) is 1.84. The van der Waals surface area contributed by atoms with Crippen LogP contribution in [-0.2, 0) is 14.4 Å². The highest BCUT2D eigenvalue weighted by molar-refractivity contribution is 8.20. The number of imide groups is 1. The first-order valence-electron chi connectivity index (χ1n) is 8.98. The number of carbonyl (C=O) groups excluding carboxylic acids is 3. The lowest BCUT2D eigenvalue weighted by molar-refractivity contribution is -0.169. The van der Waals surface area contributed by atoms with E-state index in [1.807, 2.05) is 20.8 Å². The molecule has 0 aromatic carbocycles. The fourth-order valence-electron chi connectivity index (χ4n) is 5.65. The Labute approximate surface area is 154 Å². The van der Waals surface area contributed by atoms with Gasteiger partial charge in [-0.05, 0) is 12.8 Å². The van der Waals surface area contributed by atoms with Gasteiger partial charge in [-0.25, -0.2) is 11.6 Å². The van der Waals surface area contributed by atoms with Crippen LogP contribution < -0.4 is 5.32 Å². The Morgan fingerprint density at radius 2 is 1.72 bits per heavy atom. The molecule has 5 nitrogen and oxygen atoms in total. The van der Waals surface area contributed by atoms with Crippen molar-refractivity contribution in [2.24, 2.45) is 16.2 Å². The van der Waals surface area contributed by atoms with Crippen LogP contribution in [-0.4, -0.2) is 52.5 Å². The van der Waals surface area contributed by atoms with Gasteiger partial charge in [-0.3, -0.25) is 19.3 Å². The SMILES string of the molecule is [B]SC1CC(=O)N(C2(C(=O)C(C)(C)C)C3(C)CC3NC3CC32C)C1=O. The zero-order valence-corrected chi connectivity index (χ0v) is 16.3. The summed E-state index contributed by atoms with van der Waals surface area (Å²) in [5.41, 5.74) is -2.52. The lowest BCUT2D eigenvalue weighted by Gasteiger charge is -2.54. The van der Waals surface area contributed by atoms with Gasteiger partial charge in [-0.2, -0.15) is 0 Å². The fraction of sp³-hybridized carbons (Fsp3) is 0.833. The summed E-state index contributed by atoms with van der Waals surface area (Å²) in [6, 6.07) is 0.370. The molecule has 2 aliphatic carbocycles. The first kappa shape index (κ1) is 17.6. The lowest BCUT2D eigenvalue weighted by atomic mass is 9.59. The lowest BCUT2D eigenvalue weighted by Crippen LogP contribution is -2.72. The minimum Gasteiger partial charge on any atom is -0.310 e. The number of fused-ring (bicyclic) bond motifs is 2. The van der Waals surface area contributed by atoms with E-state index >= 15 is 0 Å². The smallest absolute Gasteiger partial charge is 0.242 e. The van der Waals surface area contributed by atoms with Crippen LogP contribution in [0.25, 0.3) is 0 Å². The molecule has 4 aliphatic rings. The zero-order chi connectivity index (χ0) is 18.6. The quantitative estimate of drug-likeness (QED) is 0.610. The minimum atomic E-state index is -1.07. The van der Waals surface area contributed by atoms with E-state index in [1.165, 1.54) is 4.90 Å². The van der Waals surface area contributed by atoms with Crippen LogP contribution in [0, 0.1) is 16.2 Å². The topological polar surface area (TPSA) is 66.5 Å². The molecule has 0 aromatic rings. The van der Waals surface area contributed by atoms with Gasteiger partial charge in [0.15, 0.2) is 12.9 Å². The summed E-state index contributed by atoms with van der Waals surface area (Å²) in [6.07, 6.45) is 1.73. The molecular weight excluding hydrogens is 335 g/mol. The van der Waals surface area contributed by atoms with Crippen LogP contribution >= 0.6 is 11.6 Å². The summed E-state index contributed by atoms with van der Waals surface area (Å²) in [4.78, 5) is 41.3. The van der Waals surface area contributed by atoms with Crippen molar-refractivity contribution >= 4 is 36.3 Å². The molecule has 4 rings (SSSR count). The van der Waals surface area contributed by atoms with Crippen molar-refractivity contribution in [3.8, 4) is 0 Å². The first-order chi connectivity index (χ1) is 11.4. The summed E-state index contributed by atoms with van der Waals surface area (Å²) < 4.78 is 0. The molecule has 4 fully saturated rings. The predicted molar refractivity (Wildman–Crippen MR) is 97.0 cm³/mol. The Bertz CT molecular complexity index is 683. The van der Waals surface area contributed by atoms with E-state index in [-0.39, 0.29) is 36.1 Å². The average molecular weight is 360 g/mol. The molecule has 0 bridgehead atoms. The van der Waals surface area contributed by atoms with Crippen LogP contribution in [0.15, 0.2) is 0 Å². The van der Waals surface area contributed by atoms with Gasteiger partial charge in [0, 0.05) is 34.7 Å². The molecule has 2 radical (unpaired) electrons. The maximum absolute atomic E-state index is 13.9. The maximum Gasteiger partial charge on any atom is 0.242 e. The standard InChI is InChI=1S/C18H25BN2O3S/c1-15(2,3)14(24)18(21-12(22)6-9(25-19)13(21)23)16(4)7-10(16)20-11-8-17(11,18)5/h9-11,20H,6-8H2,1-5H3. The number of amides is 2. The highest BCUT2D eigenvalue weighted by Crippen LogP contribution is 2.75. The summed E-state index contributed by atoms with van der Waals surface area (Å²) in [5, 5.41) is 3.04. The Morgan fingerprint density at radius 1 is 1.20 bits per heavy atom. The second-order valence-electron chi connectivity index (χ2n) is 9.70. The van der Waals surface area contributed by atoms with Gasteiger partial charge in [0.25, 0.3) is 0 Å². The van der Waals surface area contributed by atoms with E-state index in [4.69, 9.17) is 7.12 Å². The Balaban J connectivity index is 1.94. The molecule has 25 heavy (non-hydrogen) atoms. The van der Waals surface area contributed by atoms with Crippen molar-refractivity contribution in [2.45, 2.75) is 76.8 Å². The van der Waals surface area contributed by atoms with Gasteiger partial charge in [0.2, 0.25) is 11.8 Å². The van der Waals surface area contributed by atoms with Gasteiger partial charge in [0.05, 0.1) is 5.25 Å². The highest BCUT2D eigenvalue weighted by Gasteiger charge is 2.86. The van der Waals surface area contributed by atoms with E-state index in [1.54, 1.807) is 0 Å². The number of piperidine rings is 1. The predicted octanol–water partition coefficient (Wildman–Crippen LogP) is 1.44. The van der Waals surface area contributed by atoms with Crippen molar-refractivity contribution in [3.63, 3.8) is 0 Å². The molecule has 7 heteroatoms. The third-order valence-electron chi connectivity index (χ3n) is 7.14. The van der Waals surface area contributed by atoms with E-state index in [2.05, 4.69) is 19.2 Å². The van der Waals surface area contributed by atoms with Crippen molar-refractivity contribution in [1.29, 1.82) is 0 Å². The molecule has 5 atom stereocenters. The number of hydrogen-bond acceptors (Lipinski definition) is 5. The number of Topliss-reactive ketones (excluding diaryl/α,β-unsaturated/α-hetero) is 1. The van der Waals surface area contributed by atoms with E-state index in [9.17, 15) is 14.4 Å². The molecule has 1 N–H and O–H groups in total. The third-order valence-corrected chi connectivity index (χ3v) is 7.84. The number of nitrogens with zero attached hydrogens (tertiary/aromatic N) is 1. The minimum absolute atomic E-state index is 0.0147. The van der Waals surface area contributed by atoms with Crippen molar-refractivity contribution in [2.75, 3.05) is 0 Å². The molecule has 2 amide bonds. The van der Waals surface area contributed by atoms with E-state index < -0.39 is 27.0 Å². The average Bonchev–Trinajstić information content (AvgIpc) is 3.33. The monoisotopic (exact) mass is 360 g/mol. The van der Waals surface area contributed by atoms with Crippen LogP contribution in [0.1, 0.15) is 53.9 Å². The molecule has 0 aromatic heterocycles. The Kier molecular flexibility index (Phi) is 3.32. The summed E-state index contributed by atoms with van der Waals surface area (Å²) in [7, 11) is 5.66. The van der Waals surface area contributed by atoms with Gasteiger partial charge < -0.3 is 5.32 Å². The second-order valence-corrected chi connectivity index (χ2v) is 10.5. The number of nitrogens with one attached hydrogen (secondary N) is 1. The van der Waals surface area contributed by atoms with Crippen molar-refractivity contribution in [1.82, 2.24) is 10.2 Å².